The van der Waals surface area contributed by atoms with E-state index in [0.717, 1.165) is 22.8 Å². The van der Waals surface area contributed by atoms with Crippen LogP contribution >= 0.6 is 11.6 Å². The molecule has 1 aromatic heterocycles. The second-order valence-electron chi connectivity index (χ2n) is 5.58. The predicted molar refractivity (Wildman–Crippen MR) is 84.3 cm³/mol. The number of benzene rings is 2. The number of nitrogens with one attached hydrogen (secondary N) is 1. The lowest BCUT2D eigenvalue weighted by molar-refractivity contribution is -0.384. The summed E-state index contributed by atoms with van der Waals surface area (Å²) in [6.07, 6.45) is 1.02. The summed E-state index contributed by atoms with van der Waals surface area (Å²) in [4.78, 5) is 18.2. The number of nitro benzene ring substituents is 1. The van der Waals surface area contributed by atoms with Crippen molar-refractivity contribution in [2.24, 2.45) is 0 Å². The van der Waals surface area contributed by atoms with E-state index in [0.29, 0.717) is 17.4 Å². The summed E-state index contributed by atoms with van der Waals surface area (Å²) in [6, 6.07) is 12.6. The Morgan fingerprint density at radius 2 is 2.09 bits per heavy atom. The molecular formula is C16H12ClN3O2. The van der Waals surface area contributed by atoms with Crippen molar-refractivity contribution in [1.29, 1.82) is 0 Å². The van der Waals surface area contributed by atoms with Crippen LogP contribution < -0.4 is 0 Å². The van der Waals surface area contributed by atoms with Crippen molar-refractivity contribution in [1.82, 2.24) is 9.97 Å². The van der Waals surface area contributed by atoms with Crippen LogP contribution in [0.25, 0.3) is 11.0 Å². The quantitative estimate of drug-likeness (QED) is 0.575. The second kappa shape index (κ2) is 4.81. The first-order valence-electron chi connectivity index (χ1n) is 7.01. The Labute approximate surface area is 131 Å². The van der Waals surface area contributed by atoms with Crippen LogP contribution in [0.15, 0.2) is 42.5 Å². The molecule has 3 aromatic rings. The third-order valence-electron chi connectivity index (χ3n) is 4.11. The Morgan fingerprint density at radius 1 is 1.23 bits per heavy atom. The maximum atomic E-state index is 10.8. The van der Waals surface area contributed by atoms with Gasteiger partial charge in [0.2, 0.25) is 0 Å². The summed E-state index contributed by atoms with van der Waals surface area (Å²) < 4.78 is 0. The van der Waals surface area contributed by atoms with E-state index in [1.54, 1.807) is 6.07 Å². The van der Waals surface area contributed by atoms with Gasteiger partial charge in [-0.25, -0.2) is 4.98 Å². The standard InChI is InChI=1S/C16H12ClN3O2/c17-10-3-1-2-9(6-10)12-8-13(12)16-18-14-5-4-11(20(21)22)7-15(14)19-16/h1-7,12-13H,8H2,(H,18,19)/t12-,13+/m1/s1. The average Bonchev–Trinajstić information content (AvgIpc) is 3.19. The van der Waals surface area contributed by atoms with Gasteiger partial charge >= 0.3 is 0 Å². The summed E-state index contributed by atoms with van der Waals surface area (Å²) >= 11 is 6.03. The van der Waals surface area contributed by atoms with Gasteiger partial charge in [0.1, 0.15) is 5.82 Å². The maximum absolute atomic E-state index is 10.8. The fourth-order valence-electron chi connectivity index (χ4n) is 2.91. The first-order chi connectivity index (χ1) is 10.6. The first-order valence-corrected chi connectivity index (χ1v) is 7.39. The van der Waals surface area contributed by atoms with Crippen LogP contribution in [0.1, 0.15) is 29.6 Å². The Morgan fingerprint density at radius 3 is 2.86 bits per heavy atom. The van der Waals surface area contributed by atoms with Crippen molar-refractivity contribution >= 4 is 28.3 Å². The van der Waals surface area contributed by atoms with Crippen molar-refractivity contribution in [2.45, 2.75) is 18.3 Å². The van der Waals surface area contributed by atoms with E-state index in [4.69, 9.17) is 11.6 Å². The van der Waals surface area contributed by atoms with E-state index >= 15 is 0 Å². The summed E-state index contributed by atoms with van der Waals surface area (Å²) in [5.74, 6) is 1.62. The number of nitro groups is 1. The molecule has 0 bridgehead atoms. The van der Waals surface area contributed by atoms with E-state index in [2.05, 4.69) is 16.0 Å². The molecule has 2 atom stereocenters. The van der Waals surface area contributed by atoms with Crippen LogP contribution in [0.5, 0.6) is 0 Å². The van der Waals surface area contributed by atoms with Gasteiger partial charge in [-0.3, -0.25) is 10.1 Å². The lowest BCUT2D eigenvalue weighted by Crippen LogP contribution is -1.87. The Bertz CT molecular complexity index is 890. The first kappa shape index (κ1) is 13.3. The number of H-pyrrole nitrogens is 1. The van der Waals surface area contributed by atoms with Gasteiger partial charge in [0.15, 0.2) is 0 Å². The van der Waals surface area contributed by atoms with E-state index in [1.807, 2.05) is 18.2 Å². The Balaban J connectivity index is 1.64. The Hall–Kier alpha value is -2.40. The molecule has 110 valence electrons. The minimum absolute atomic E-state index is 0.0740. The molecule has 1 fully saturated rings. The second-order valence-corrected chi connectivity index (χ2v) is 6.02. The van der Waals surface area contributed by atoms with E-state index < -0.39 is 4.92 Å². The molecule has 22 heavy (non-hydrogen) atoms. The molecule has 1 saturated carbocycles. The highest BCUT2D eigenvalue weighted by molar-refractivity contribution is 6.30. The van der Waals surface area contributed by atoms with Gasteiger partial charge in [-0.15, -0.1) is 0 Å². The highest BCUT2D eigenvalue weighted by atomic mass is 35.5. The average molecular weight is 314 g/mol. The molecule has 1 heterocycles. The van der Waals surface area contributed by atoms with Crippen molar-refractivity contribution in [3.05, 3.63) is 69.0 Å². The SMILES string of the molecule is O=[N+]([O-])c1ccc2nc([C@H]3C[C@@H]3c3cccc(Cl)c3)[nH]c2c1. The van der Waals surface area contributed by atoms with Gasteiger partial charge in [-0.2, -0.15) is 0 Å². The Kier molecular flexibility index (Phi) is 2.90. The number of fused-ring (bicyclic) bond motifs is 1. The third-order valence-corrected chi connectivity index (χ3v) is 4.35. The smallest absolute Gasteiger partial charge is 0.271 e. The summed E-state index contributed by atoms with van der Waals surface area (Å²) in [5.41, 5.74) is 2.76. The largest absolute Gasteiger partial charge is 0.342 e. The van der Waals surface area contributed by atoms with Gasteiger partial charge in [-0.1, -0.05) is 23.7 Å². The van der Waals surface area contributed by atoms with E-state index in [9.17, 15) is 10.1 Å². The zero-order valence-electron chi connectivity index (χ0n) is 11.5. The van der Waals surface area contributed by atoms with Crippen LogP contribution in [0.4, 0.5) is 5.69 Å². The number of nitrogens with zero attached hydrogens (tertiary/aromatic N) is 2. The molecule has 0 amide bonds. The van der Waals surface area contributed by atoms with Crippen LogP contribution in [-0.4, -0.2) is 14.9 Å². The molecule has 1 aliphatic carbocycles. The number of hydrogen-bond acceptors (Lipinski definition) is 3. The molecule has 0 unspecified atom stereocenters. The molecule has 0 saturated heterocycles. The zero-order valence-corrected chi connectivity index (χ0v) is 12.2. The van der Waals surface area contributed by atoms with Gasteiger partial charge < -0.3 is 4.98 Å². The fraction of sp³-hybridized carbons (Fsp3) is 0.188. The zero-order chi connectivity index (χ0) is 15.3. The van der Waals surface area contributed by atoms with Crippen molar-refractivity contribution < 1.29 is 4.92 Å². The molecule has 0 spiro atoms. The molecule has 4 rings (SSSR count). The highest BCUT2D eigenvalue weighted by Crippen LogP contribution is 2.54. The molecule has 2 aromatic carbocycles. The summed E-state index contributed by atoms with van der Waals surface area (Å²) in [7, 11) is 0. The number of imidazole rings is 1. The topological polar surface area (TPSA) is 71.8 Å². The molecule has 5 nitrogen and oxygen atoms in total. The fourth-order valence-corrected chi connectivity index (χ4v) is 3.11. The molecule has 1 aliphatic rings. The number of hydrogen-bond donors (Lipinski definition) is 1. The number of non-ortho nitro benzene ring substituents is 1. The summed E-state index contributed by atoms with van der Waals surface area (Å²) in [5, 5.41) is 11.6. The van der Waals surface area contributed by atoms with Gasteiger partial charge in [0, 0.05) is 23.1 Å². The number of rotatable bonds is 3. The lowest BCUT2D eigenvalue weighted by Gasteiger charge is -1.99. The van der Waals surface area contributed by atoms with Gasteiger partial charge in [0.05, 0.1) is 16.0 Å². The summed E-state index contributed by atoms with van der Waals surface area (Å²) in [6.45, 7) is 0. The van der Waals surface area contributed by atoms with Crippen LogP contribution in [0, 0.1) is 10.1 Å². The van der Waals surface area contributed by atoms with Crippen molar-refractivity contribution in [3.8, 4) is 0 Å². The number of halogens is 1. The maximum Gasteiger partial charge on any atom is 0.271 e. The minimum Gasteiger partial charge on any atom is -0.342 e. The van der Waals surface area contributed by atoms with Gasteiger partial charge in [-0.05, 0) is 36.1 Å². The van der Waals surface area contributed by atoms with E-state index in [1.165, 1.54) is 17.7 Å². The molecule has 0 aliphatic heterocycles. The normalized spacial score (nSPS) is 20.2. The monoisotopic (exact) mass is 313 g/mol. The van der Waals surface area contributed by atoms with Crippen molar-refractivity contribution in [3.63, 3.8) is 0 Å². The van der Waals surface area contributed by atoms with Crippen LogP contribution in [-0.2, 0) is 0 Å². The van der Waals surface area contributed by atoms with Crippen molar-refractivity contribution in [2.75, 3.05) is 0 Å². The molecule has 1 N–H and O–H groups in total. The van der Waals surface area contributed by atoms with Gasteiger partial charge in [0.25, 0.3) is 5.69 Å². The predicted octanol–water partition coefficient (Wildman–Crippen LogP) is 4.40. The molecule has 6 heteroatoms. The van der Waals surface area contributed by atoms with E-state index in [-0.39, 0.29) is 5.69 Å². The van der Waals surface area contributed by atoms with Crippen LogP contribution in [0.3, 0.4) is 0 Å². The molecular weight excluding hydrogens is 302 g/mol. The molecule has 0 radical (unpaired) electrons. The van der Waals surface area contributed by atoms with Crippen LogP contribution in [0.2, 0.25) is 5.02 Å². The third kappa shape index (κ3) is 2.23. The number of aromatic nitrogens is 2. The minimum atomic E-state index is -0.397. The highest BCUT2D eigenvalue weighted by Gasteiger charge is 2.41. The lowest BCUT2D eigenvalue weighted by atomic mass is 10.1. The number of aromatic amines is 1.